The molecule has 0 N–H and O–H groups in total. The van der Waals surface area contributed by atoms with Crippen LogP contribution in [0.1, 0.15) is 33.6 Å². The minimum atomic E-state index is 0.618. The van der Waals surface area contributed by atoms with E-state index in [1.54, 1.807) is 0 Å². The predicted molar refractivity (Wildman–Crippen MR) is 43.0 cm³/mol. The van der Waals surface area contributed by atoms with Gasteiger partial charge >= 0.3 is 0 Å². The van der Waals surface area contributed by atoms with Crippen molar-refractivity contribution in [1.82, 2.24) is 0 Å². The van der Waals surface area contributed by atoms with E-state index in [2.05, 4.69) is 20.8 Å². The zero-order valence-corrected chi connectivity index (χ0v) is 7.26. The Balaban J connectivity index is 2.02. The van der Waals surface area contributed by atoms with E-state index in [9.17, 15) is 0 Å². The molecule has 0 radical (unpaired) electrons. The fourth-order valence-electron chi connectivity index (χ4n) is 1.49. The van der Waals surface area contributed by atoms with Gasteiger partial charge in [-0.2, -0.15) is 0 Å². The molecule has 1 nitrogen and oxygen atoms in total. The van der Waals surface area contributed by atoms with Crippen molar-refractivity contribution in [3.05, 3.63) is 0 Å². The summed E-state index contributed by atoms with van der Waals surface area (Å²) in [6.07, 6.45) is 3.28. The lowest BCUT2D eigenvalue weighted by molar-refractivity contribution is 0.118. The molecule has 1 heteroatoms. The molecule has 60 valence electrons. The van der Waals surface area contributed by atoms with Crippen molar-refractivity contribution in [3.63, 3.8) is 0 Å². The topological polar surface area (TPSA) is 9.23 Å². The van der Waals surface area contributed by atoms with Crippen LogP contribution < -0.4 is 0 Å². The van der Waals surface area contributed by atoms with Gasteiger partial charge in [0, 0.05) is 6.61 Å². The number of hydrogen-bond donors (Lipinski definition) is 0. The summed E-state index contributed by atoms with van der Waals surface area (Å²) in [4.78, 5) is 0. The Kier molecular flexibility index (Phi) is 2.72. The Bertz CT molecular complexity index is 98.9. The third-order valence-corrected chi connectivity index (χ3v) is 2.01. The first-order chi connectivity index (χ1) is 4.74. The van der Waals surface area contributed by atoms with Gasteiger partial charge in [0.15, 0.2) is 0 Å². The van der Waals surface area contributed by atoms with E-state index in [-0.39, 0.29) is 0 Å². The second-order valence-electron chi connectivity index (χ2n) is 3.62. The van der Waals surface area contributed by atoms with E-state index in [1.165, 1.54) is 12.8 Å². The van der Waals surface area contributed by atoms with Crippen LogP contribution in [0.4, 0.5) is 0 Å². The van der Waals surface area contributed by atoms with E-state index in [4.69, 9.17) is 4.74 Å². The first kappa shape index (κ1) is 8.06. The van der Waals surface area contributed by atoms with E-state index in [1.807, 2.05) is 0 Å². The molecule has 0 saturated heterocycles. The molecule has 10 heavy (non-hydrogen) atoms. The summed E-state index contributed by atoms with van der Waals surface area (Å²) in [6, 6.07) is 0. The molecule has 0 aromatic rings. The second-order valence-corrected chi connectivity index (χ2v) is 3.62. The van der Waals surface area contributed by atoms with E-state index >= 15 is 0 Å². The largest absolute Gasteiger partial charge is 0.378 e. The summed E-state index contributed by atoms with van der Waals surface area (Å²) < 4.78 is 5.47. The van der Waals surface area contributed by atoms with Crippen molar-refractivity contribution in [1.29, 1.82) is 0 Å². The number of ether oxygens (including phenoxy) is 1. The molecule has 1 rings (SSSR count). The quantitative estimate of drug-likeness (QED) is 0.586. The summed E-state index contributed by atoms with van der Waals surface area (Å²) in [6.45, 7) is 7.52. The van der Waals surface area contributed by atoms with Crippen molar-refractivity contribution in [2.75, 3.05) is 6.61 Å². The Morgan fingerprint density at radius 2 is 2.20 bits per heavy atom. The second kappa shape index (κ2) is 3.38. The molecule has 1 aliphatic rings. The minimum absolute atomic E-state index is 0.618. The third-order valence-electron chi connectivity index (χ3n) is 2.01. The van der Waals surface area contributed by atoms with Gasteiger partial charge in [-0.1, -0.05) is 13.8 Å². The Labute approximate surface area is 63.8 Å². The van der Waals surface area contributed by atoms with Crippen LogP contribution in [0.15, 0.2) is 0 Å². The molecular weight excluding hydrogens is 124 g/mol. The third kappa shape index (κ3) is 2.30. The van der Waals surface area contributed by atoms with Crippen molar-refractivity contribution in [3.8, 4) is 0 Å². The van der Waals surface area contributed by atoms with Crippen molar-refractivity contribution in [2.45, 2.75) is 39.7 Å². The molecular formula is C9H18O. The summed E-state index contributed by atoms with van der Waals surface area (Å²) in [5, 5.41) is 0. The highest BCUT2D eigenvalue weighted by Gasteiger charge is 2.37. The first-order valence-corrected chi connectivity index (χ1v) is 4.35. The lowest BCUT2D eigenvalue weighted by atomic mass is 10.1. The minimum Gasteiger partial charge on any atom is -0.378 e. The average Bonchev–Trinajstić information content (AvgIpc) is 2.47. The van der Waals surface area contributed by atoms with Gasteiger partial charge in [-0.25, -0.2) is 0 Å². The number of hydrogen-bond acceptors (Lipinski definition) is 1. The molecule has 1 aliphatic carbocycles. The fraction of sp³-hybridized carbons (Fsp3) is 1.00. The highest BCUT2D eigenvalue weighted by molar-refractivity contribution is 4.87. The van der Waals surface area contributed by atoms with Crippen LogP contribution >= 0.6 is 0 Å². The lowest BCUT2D eigenvalue weighted by Gasteiger charge is -2.02. The molecule has 0 aliphatic heterocycles. The van der Waals surface area contributed by atoms with Crippen molar-refractivity contribution in [2.24, 2.45) is 11.8 Å². The zero-order valence-electron chi connectivity index (χ0n) is 7.26. The molecule has 0 spiro atoms. The van der Waals surface area contributed by atoms with E-state index < -0.39 is 0 Å². The fourth-order valence-corrected chi connectivity index (χ4v) is 1.49. The maximum atomic E-state index is 5.47. The van der Waals surface area contributed by atoms with E-state index in [0.717, 1.165) is 18.4 Å². The van der Waals surface area contributed by atoms with Gasteiger partial charge in [-0.3, -0.25) is 0 Å². The number of rotatable bonds is 4. The molecule has 0 amide bonds. The Morgan fingerprint density at radius 1 is 1.50 bits per heavy atom. The SMILES string of the molecule is CCOC1CC1CC(C)C. The van der Waals surface area contributed by atoms with Crippen LogP contribution in [-0.2, 0) is 4.74 Å². The molecule has 0 aromatic heterocycles. The zero-order chi connectivity index (χ0) is 7.56. The van der Waals surface area contributed by atoms with Crippen LogP contribution in [0.5, 0.6) is 0 Å². The smallest absolute Gasteiger partial charge is 0.0607 e. The molecule has 1 saturated carbocycles. The van der Waals surface area contributed by atoms with Crippen LogP contribution in [0.2, 0.25) is 0 Å². The van der Waals surface area contributed by atoms with Gasteiger partial charge < -0.3 is 4.74 Å². The van der Waals surface area contributed by atoms with Gasteiger partial charge in [0.25, 0.3) is 0 Å². The van der Waals surface area contributed by atoms with Gasteiger partial charge in [-0.05, 0) is 31.6 Å². The highest BCUT2D eigenvalue weighted by Crippen LogP contribution is 2.38. The van der Waals surface area contributed by atoms with Gasteiger partial charge in [0.1, 0.15) is 0 Å². The molecule has 1 fully saturated rings. The summed E-state index contributed by atoms with van der Waals surface area (Å²) >= 11 is 0. The van der Waals surface area contributed by atoms with Gasteiger partial charge in [0.2, 0.25) is 0 Å². The van der Waals surface area contributed by atoms with Crippen molar-refractivity contribution < 1.29 is 4.74 Å². The predicted octanol–water partition coefficient (Wildman–Crippen LogP) is 2.46. The standard InChI is InChI=1S/C9H18O/c1-4-10-9-6-8(9)5-7(2)3/h7-9H,4-6H2,1-3H3. The summed E-state index contributed by atoms with van der Waals surface area (Å²) in [7, 11) is 0. The van der Waals surface area contributed by atoms with E-state index in [0.29, 0.717) is 6.10 Å². The van der Waals surface area contributed by atoms with Gasteiger partial charge in [0.05, 0.1) is 6.10 Å². The maximum Gasteiger partial charge on any atom is 0.0607 e. The van der Waals surface area contributed by atoms with Crippen LogP contribution in [0.3, 0.4) is 0 Å². The normalized spacial score (nSPS) is 31.2. The molecule has 2 unspecified atom stereocenters. The lowest BCUT2D eigenvalue weighted by Crippen LogP contribution is -1.98. The van der Waals surface area contributed by atoms with Crippen molar-refractivity contribution >= 4 is 0 Å². The molecule has 0 heterocycles. The highest BCUT2D eigenvalue weighted by atomic mass is 16.5. The Morgan fingerprint density at radius 3 is 2.70 bits per heavy atom. The average molecular weight is 142 g/mol. The van der Waals surface area contributed by atoms with Crippen LogP contribution in [-0.4, -0.2) is 12.7 Å². The summed E-state index contributed by atoms with van der Waals surface area (Å²) in [5.41, 5.74) is 0. The van der Waals surface area contributed by atoms with Gasteiger partial charge in [-0.15, -0.1) is 0 Å². The Hall–Kier alpha value is -0.0400. The maximum absolute atomic E-state index is 5.47. The first-order valence-electron chi connectivity index (χ1n) is 4.35. The monoisotopic (exact) mass is 142 g/mol. The molecule has 2 atom stereocenters. The van der Waals surface area contributed by atoms with Crippen LogP contribution in [0, 0.1) is 11.8 Å². The molecule has 0 aromatic carbocycles. The molecule has 0 bridgehead atoms. The van der Waals surface area contributed by atoms with Crippen LogP contribution in [0.25, 0.3) is 0 Å². The summed E-state index contributed by atoms with van der Waals surface area (Å²) in [5.74, 6) is 1.73.